The van der Waals surface area contributed by atoms with Gasteiger partial charge in [-0.2, -0.15) is 18.3 Å². The molecular formula is C15H10ClF4N3S. The molecule has 2 rings (SSSR count). The number of hydrogen-bond donors (Lipinski definition) is 2. The van der Waals surface area contributed by atoms with Gasteiger partial charge in [0.1, 0.15) is 5.82 Å². The SMILES string of the molecule is Fc1cccc(/C=N/NC(=S)Nc2cc(C(F)(F)F)ccc2Cl)c1. The number of thiocarbonyl (C=S) groups is 1. The van der Waals surface area contributed by atoms with Gasteiger partial charge < -0.3 is 5.32 Å². The summed E-state index contributed by atoms with van der Waals surface area (Å²) in [5.41, 5.74) is 2.03. The monoisotopic (exact) mass is 375 g/mol. The second-order valence-corrected chi connectivity index (χ2v) is 5.39. The molecule has 0 spiro atoms. The average Bonchev–Trinajstić information content (AvgIpc) is 2.48. The highest BCUT2D eigenvalue weighted by atomic mass is 35.5. The lowest BCUT2D eigenvalue weighted by Crippen LogP contribution is -2.24. The van der Waals surface area contributed by atoms with Crippen molar-refractivity contribution in [3.63, 3.8) is 0 Å². The van der Waals surface area contributed by atoms with Crippen molar-refractivity contribution in [3.8, 4) is 0 Å². The smallest absolute Gasteiger partial charge is 0.330 e. The molecule has 3 nitrogen and oxygen atoms in total. The number of halogens is 5. The maximum Gasteiger partial charge on any atom is 0.416 e. The van der Waals surface area contributed by atoms with E-state index in [0.717, 1.165) is 18.2 Å². The fourth-order valence-electron chi connectivity index (χ4n) is 1.70. The molecule has 0 aliphatic heterocycles. The zero-order valence-corrected chi connectivity index (χ0v) is 13.4. The molecule has 2 aromatic carbocycles. The Morgan fingerprint density at radius 2 is 1.92 bits per heavy atom. The second-order valence-electron chi connectivity index (χ2n) is 4.57. The number of hydrogen-bond acceptors (Lipinski definition) is 2. The molecule has 0 unspecified atom stereocenters. The van der Waals surface area contributed by atoms with Gasteiger partial charge in [-0.05, 0) is 48.1 Å². The van der Waals surface area contributed by atoms with Gasteiger partial charge in [0.25, 0.3) is 0 Å². The van der Waals surface area contributed by atoms with Gasteiger partial charge in [-0.25, -0.2) is 4.39 Å². The quantitative estimate of drug-likeness (QED) is 0.349. The highest BCUT2D eigenvalue weighted by Gasteiger charge is 2.31. The van der Waals surface area contributed by atoms with Crippen molar-refractivity contribution < 1.29 is 17.6 Å². The first kappa shape index (κ1) is 18.2. The number of benzene rings is 2. The summed E-state index contributed by atoms with van der Waals surface area (Å²) < 4.78 is 51.1. The number of nitrogens with zero attached hydrogens (tertiary/aromatic N) is 1. The molecule has 126 valence electrons. The van der Waals surface area contributed by atoms with E-state index in [9.17, 15) is 17.6 Å². The van der Waals surface area contributed by atoms with Gasteiger partial charge in [-0.15, -0.1) is 0 Å². The van der Waals surface area contributed by atoms with E-state index in [1.54, 1.807) is 6.07 Å². The molecule has 2 N–H and O–H groups in total. The minimum Gasteiger partial charge on any atom is -0.330 e. The molecule has 2 aromatic rings. The second kappa shape index (κ2) is 7.59. The van der Waals surface area contributed by atoms with Crippen molar-refractivity contribution >= 4 is 40.8 Å². The maximum atomic E-state index is 13.0. The number of alkyl halides is 3. The molecule has 0 bridgehead atoms. The molecule has 0 atom stereocenters. The van der Waals surface area contributed by atoms with Crippen LogP contribution < -0.4 is 10.7 Å². The van der Waals surface area contributed by atoms with Crippen molar-refractivity contribution in [2.24, 2.45) is 5.10 Å². The van der Waals surface area contributed by atoms with Gasteiger partial charge in [-0.3, -0.25) is 5.43 Å². The van der Waals surface area contributed by atoms with E-state index >= 15 is 0 Å². The zero-order valence-electron chi connectivity index (χ0n) is 11.9. The van der Waals surface area contributed by atoms with Crippen LogP contribution >= 0.6 is 23.8 Å². The fourth-order valence-corrected chi connectivity index (χ4v) is 2.03. The van der Waals surface area contributed by atoms with Gasteiger partial charge in [-0.1, -0.05) is 23.7 Å². The highest BCUT2D eigenvalue weighted by Crippen LogP contribution is 2.33. The molecular weight excluding hydrogens is 366 g/mol. The van der Waals surface area contributed by atoms with Gasteiger partial charge in [0.05, 0.1) is 22.5 Å². The Morgan fingerprint density at radius 3 is 2.58 bits per heavy atom. The number of rotatable bonds is 3. The van der Waals surface area contributed by atoms with Gasteiger partial charge in [0.15, 0.2) is 5.11 Å². The Labute approximate surface area is 145 Å². The van der Waals surface area contributed by atoms with E-state index in [4.69, 9.17) is 23.8 Å². The van der Waals surface area contributed by atoms with Gasteiger partial charge in [0, 0.05) is 0 Å². The first-order chi connectivity index (χ1) is 11.3. The van der Waals surface area contributed by atoms with E-state index in [0.29, 0.717) is 5.56 Å². The first-order valence-corrected chi connectivity index (χ1v) is 7.27. The number of nitrogens with one attached hydrogen (secondary N) is 2. The van der Waals surface area contributed by atoms with Gasteiger partial charge in [0.2, 0.25) is 0 Å². The molecule has 0 fully saturated rings. The summed E-state index contributed by atoms with van der Waals surface area (Å²) in [6, 6.07) is 8.49. The Kier molecular flexibility index (Phi) is 5.74. The summed E-state index contributed by atoms with van der Waals surface area (Å²) in [5.74, 6) is -0.421. The van der Waals surface area contributed by atoms with Gasteiger partial charge >= 0.3 is 6.18 Å². The lowest BCUT2D eigenvalue weighted by Gasteiger charge is -2.12. The summed E-state index contributed by atoms with van der Waals surface area (Å²) in [4.78, 5) is 0. The highest BCUT2D eigenvalue weighted by molar-refractivity contribution is 7.80. The van der Waals surface area contributed by atoms with Crippen LogP contribution in [0.3, 0.4) is 0 Å². The van der Waals surface area contributed by atoms with Crippen LogP contribution in [0.4, 0.5) is 23.2 Å². The van der Waals surface area contributed by atoms with Crippen LogP contribution in [0, 0.1) is 5.82 Å². The summed E-state index contributed by atoms with van der Waals surface area (Å²) in [7, 11) is 0. The lowest BCUT2D eigenvalue weighted by atomic mass is 10.2. The molecule has 0 aromatic heterocycles. The molecule has 0 saturated carbocycles. The molecule has 0 aliphatic carbocycles. The van der Waals surface area contributed by atoms with Crippen molar-refractivity contribution in [1.82, 2.24) is 5.43 Å². The molecule has 0 radical (unpaired) electrons. The largest absolute Gasteiger partial charge is 0.416 e. The Bertz CT molecular complexity index is 778. The van der Waals surface area contributed by atoms with Crippen molar-refractivity contribution in [3.05, 3.63) is 64.4 Å². The zero-order chi connectivity index (χ0) is 17.7. The third-order valence-corrected chi connectivity index (χ3v) is 3.29. The minimum atomic E-state index is -4.49. The molecule has 0 heterocycles. The predicted octanol–water partition coefficient (Wildman–Crippen LogP) is 4.82. The summed E-state index contributed by atoms with van der Waals surface area (Å²) in [6.45, 7) is 0. The first-order valence-electron chi connectivity index (χ1n) is 6.48. The van der Waals surface area contributed by atoms with Crippen molar-refractivity contribution in [1.29, 1.82) is 0 Å². The number of anilines is 1. The van der Waals surface area contributed by atoms with Crippen LogP contribution in [-0.4, -0.2) is 11.3 Å². The van der Waals surface area contributed by atoms with E-state index in [1.165, 1.54) is 24.4 Å². The van der Waals surface area contributed by atoms with E-state index in [2.05, 4.69) is 15.8 Å². The fraction of sp³-hybridized carbons (Fsp3) is 0.0667. The standard InChI is InChI=1S/C15H10ClF4N3S/c16-12-5-4-10(15(18,19)20)7-13(12)22-14(24)23-21-8-9-2-1-3-11(17)6-9/h1-8H,(H2,22,23,24)/b21-8+. The van der Waals surface area contributed by atoms with Crippen LogP contribution in [0.15, 0.2) is 47.6 Å². The van der Waals surface area contributed by atoms with Crippen LogP contribution in [0.25, 0.3) is 0 Å². The third kappa shape index (κ3) is 5.17. The predicted molar refractivity (Wildman–Crippen MR) is 89.8 cm³/mol. The van der Waals surface area contributed by atoms with E-state index in [1.807, 2.05) is 0 Å². The molecule has 0 saturated heterocycles. The Morgan fingerprint density at radius 1 is 1.17 bits per heavy atom. The number of hydrazone groups is 1. The summed E-state index contributed by atoms with van der Waals surface area (Å²) >= 11 is 10.8. The molecule has 9 heteroatoms. The molecule has 0 aliphatic rings. The third-order valence-electron chi connectivity index (χ3n) is 2.77. The summed E-state index contributed by atoms with van der Waals surface area (Å²) in [5, 5.41) is 6.29. The average molecular weight is 376 g/mol. The van der Waals surface area contributed by atoms with Crippen LogP contribution in [-0.2, 0) is 6.18 Å². The normalized spacial score (nSPS) is 11.5. The van der Waals surface area contributed by atoms with E-state index in [-0.39, 0.29) is 15.8 Å². The Balaban J connectivity index is 2.02. The topological polar surface area (TPSA) is 36.4 Å². The molecule has 0 amide bonds. The van der Waals surface area contributed by atoms with E-state index < -0.39 is 17.6 Å². The Hall–Kier alpha value is -2.19. The van der Waals surface area contributed by atoms with Crippen molar-refractivity contribution in [2.45, 2.75) is 6.18 Å². The van der Waals surface area contributed by atoms with Crippen LogP contribution in [0.2, 0.25) is 5.02 Å². The summed E-state index contributed by atoms with van der Waals surface area (Å²) in [6.07, 6.45) is -3.18. The minimum absolute atomic E-state index is 0.00931. The van der Waals surface area contributed by atoms with Crippen molar-refractivity contribution in [2.75, 3.05) is 5.32 Å². The van der Waals surface area contributed by atoms with Crippen LogP contribution in [0.1, 0.15) is 11.1 Å². The molecule has 24 heavy (non-hydrogen) atoms. The van der Waals surface area contributed by atoms with Crippen LogP contribution in [0.5, 0.6) is 0 Å². The maximum absolute atomic E-state index is 13.0. The lowest BCUT2D eigenvalue weighted by molar-refractivity contribution is -0.137.